The van der Waals surface area contributed by atoms with Crippen LogP contribution in [0.5, 0.6) is 5.75 Å². The number of fused-ring (bicyclic) bond motifs is 1. The Labute approximate surface area is 136 Å². The monoisotopic (exact) mass is 316 g/mol. The van der Waals surface area contributed by atoms with Crippen LogP contribution in [0.4, 0.5) is 0 Å². The number of ketones is 1. The van der Waals surface area contributed by atoms with Crippen LogP contribution in [0.3, 0.4) is 0 Å². The summed E-state index contributed by atoms with van der Waals surface area (Å²) in [6.07, 6.45) is 4.35. The molecule has 2 saturated carbocycles. The van der Waals surface area contributed by atoms with Crippen molar-refractivity contribution in [2.24, 2.45) is 17.3 Å². The van der Waals surface area contributed by atoms with Crippen molar-refractivity contribution in [1.82, 2.24) is 0 Å². The topological polar surface area (TPSA) is 66.8 Å². The van der Waals surface area contributed by atoms with E-state index in [2.05, 4.69) is 0 Å². The van der Waals surface area contributed by atoms with Crippen molar-refractivity contribution in [3.05, 3.63) is 42.5 Å². The lowest BCUT2D eigenvalue weighted by molar-refractivity contribution is -0.157. The van der Waals surface area contributed by atoms with Gasteiger partial charge in [0.25, 0.3) is 0 Å². The third-order valence-electron chi connectivity index (χ3n) is 5.45. The van der Waals surface area contributed by atoms with Crippen LogP contribution >= 0.6 is 0 Å². The predicted octanol–water partition coefficient (Wildman–Crippen LogP) is 2.35. The second kappa shape index (κ2) is 6.46. The molecule has 1 aromatic carbocycles. The van der Waals surface area contributed by atoms with Crippen molar-refractivity contribution in [1.29, 1.82) is 0 Å². The van der Waals surface area contributed by atoms with E-state index >= 15 is 0 Å². The summed E-state index contributed by atoms with van der Waals surface area (Å²) in [5.41, 5.74) is -0.278. The standard InChI is InChI=1S/C19H24O4/c1-19-10-9-17(21)15(16(19)11-18(19)22)8-7-13(20)12-23-14-5-3-2-4-6-14/h2-8,13,15-17,20-21H,9-12H2,1H3/t13-,15+,16+,17+,19-/m0/s1. The van der Waals surface area contributed by atoms with E-state index in [1.165, 1.54) is 0 Å². The Bertz CT molecular complexity index is 582. The minimum absolute atomic E-state index is 0.0576. The molecule has 0 radical (unpaired) electrons. The number of hydrogen-bond acceptors (Lipinski definition) is 4. The van der Waals surface area contributed by atoms with E-state index in [9.17, 15) is 15.0 Å². The van der Waals surface area contributed by atoms with Crippen LogP contribution in [0.1, 0.15) is 26.2 Å². The Morgan fingerprint density at radius 1 is 1.39 bits per heavy atom. The van der Waals surface area contributed by atoms with Crippen molar-refractivity contribution >= 4 is 5.78 Å². The molecule has 0 unspecified atom stereocenters. The molecule has 0 saturated heterocycles. The normalized spacial score (nSPS) is 34.7. The molecule has 4 nitrogen and oxygen atoms in total. The van der Waals surface area contributed by atoms with Crippen LogP contribution in [0, 0.1) is 17.3 Å². The average molecular weight is 316 g/mol. The Morgan fingerprint density at radius 2 is 2.13 bits per heavy atom. The first kappa shape index (κ1) is 16.2. The van der Waals surface area contributed by atoms with Gasteiger partial charge in [0.1, 0.15) is 24.2 Å². The SMILES string of the molecule is C[C@]12CC[C@@H](O)[C@H](C=C[C@H](O)COc3ccccc3)[C@H]1CC2=O. The molecule has 2 aliphatic carbocycles. The molecule has 23 heavy (non-hydrogen) atoms. The van der Waals surface area contributed by atoms with Gasteiger partial charge >= 0.3 is 0 Å². The maximum atomic E-state index is 11.9. The lowest BCUT2D eigenvalue weighted by Gasteiger charge is -2.53. The Balaban J connectivity index is 1.57. The molecule has 3 rings (SSSR count). The Morgan fingerprint density at radius 3 is 2.83 bits per heavy atom. The van der Waals surface area contributed by atoms with Gasteiger partial charge in [-0.1, -0.05) is 37.3 Å². The molecule has 5 atom stereocenters. The van der Waals surface area contributed by atoms with Crippen LogP contribution in [-0.4, -0.2) is 34.8 Å². The molecule has 124 valence electrons. The van der Waals surface area contributed by atoms with E-state index in [1.54, 1.807) is 6.08 Å². The highest BCUT2D eigenvalue weighted by atomic mass is 16.5. The molecule has 2 N–H and O–H groups in total. The molecular formula is C19H24O4. The fourth-order valence-electron chi connectivity index (χ4n) is 3.80. The zero-order valence-corrected chi connectivity index (χ0v) is 13.4. The summed E-state index contributed by atoms with van der Waals surface area (Å²) in [5.74, 6) is 1.16. The first-order valence-electron chi connectivity index (χ1n) is 8.26. The van der Waals surface area contributed by atoms with Gasteiger partial charge in [-0.05, 0) is 30.9 Å². The highest BCUT2D eigenvalue weighted by Crippen LogP contribution is 2.55. The summed E-state index contributed by atoms with van der Waals surface area (Å²) in [7, 11) is 0. The number of benzene rings is 1. The second-order valence-corrected chi connectivity index (χ2v) is 6.91. The minimum atomic E-state index is -0.730. The summed E-state index contributed by atoms with van der Waals surface area (Å²) >= 11 is 0. The van der Waals surface area contributed by atoms with Crippen LogP contribution in [-0.2, 0) is 4.79 Å². The van der Waals surface area contributed by atoms with E-state index in [0.29, 0.717) is 18.6 Å². The number of carbonyl (C=O) groups excluding carboxylic acids is 1. The van der Waals surface area contributed by atoms with E-state index < -0.39 is 12.2 Å². The summed E-state index contributed by atoms with van der Waals surface area (Å²) in [6, 6.07) is 9.35. The van der Waals surface area contributed by atoms with Crippen LogP contribution in [0.2, 0.25) is 0 Å². The molecule has 0 spiro atoms. The number of aliphatic hydroxyl groups excluding tert-OH is 2. The molecule has 1 aromatic rings. The van der Waals surface area contributed by atoms with Gasteiger partial charge < -0.3 is 14.9 Å². The molecule has 0 amide bonds. The number of ether oxygens (including phenoxy) is 1. The fourth-order valence-corrected chi connectivity index (χ4v) is 3.80. The van der Waals surface area contributed by atoms with E-state index in [-0.39, 0.29) is 23.9 Å². The van der Waals surface area contributed by atoms with Gasteiger partial charge in [0, 0.05) is 17.8 Å². The first-order valence-corrected chi connectivity index (χ1v) is 8.26. The summed E-state index contributed by atoms with van der Waals surface area (Å²) in [6.45, 7) is 2.18. The molecular weight excluding hydrogens is 292 g/mol. The molecule has 2 aliphatic rings. The first-order chi connectivity index (χ1) is 11.0. The van der Waals surface area contributed by atoms with E-state index in [4.69, 9.17) is 4.74 Å². The average Bonchev–Trinajstić information content (AvgIpc) is 2.57. The van der Waals surface area contributed by atoms with Gasteiger partial charge in [0.05, 0.1) is 6.10 Å². The van der Waals surface area contributed by atoms with Crippen molar-refractivity contribution in [3.8, 4) is 5.75 Å². The van der Waals surface area contributed by atoms with Crippen molar-refractivity contribution in [2.45, 2.75) is 38.4 Å². The van der Waals surface area contributed by atoms with Gasteiger partial charge in [0.2, 0.25) is 0 Å². The van der Waals surface area contributed by atoms with Gasteiger partial charge in [-0.3, -0.25) is 4.79 Å². The Hall–Kier alpha value is -1.65. The summed E-state index contributed by atoms with van der Waals surface area (Å²) < 4.78 is 5.52. The molecule has 0 aliphatic heterocycles. The number of para-hydroxylation sites is 1. The van der Waals surface area contributed by atoms with Gasteiger partial charge in [-0.15, -0.1) is 0 Å². The maximum absolute atomic E-state index is 11.9. The van der Waals surface area contributed by atoms with Crippen LogP contribution in [0.25, 0.3) is 0 Å². The molecule has 0 aromatic heterocycles. The van der Waals surface area contributed by atoms with Crippen LogP contribution in [0.15, 0.2) is 42.5 Å². The number of Topliss-reactive ketones (excluding diaryl/α,β-unsaturated/α-hetero) is 1. The number of carbonyl (C=O) groups is 1. The smallest absolute Gasteiger partial charge is 0.139 e. The van der Waals surface area contributed by atoms with Crippen molar-refractivity contribution in [3.63, 3.8) is 0 Å². The lowest BCUT2D eigenvalue weighted by Crippen LogP contribution is -2.56. The third-order valence-corrected chi connectivity index (χ3v) is 5.45. The zero-order chi connectivity index (χ0) is 16.4. The molecule has 4 heteroatoms. The van der Waals surface area contributed by atoms with Gasteiger partial charge in [-0.25, -0.2) is 0 Å². The quantitative estimate of drug-likeness (QED) is 0.818. The largest absolute Gasteiger partial charge is 0.491 e. The second-order valence-electron chi connectivity index (χ2n) is 6.91. The molecule has 0 bridgehead atoms. The highest BCUT2D eigenvalue weighted by Gasteiger charge is 2.57. The third kappa shape index (κ3) is 3.19. The van der Waals surface area contributed by atoms with Crippen LogP contribution < -0.4 is 4.74 Å². The zero-order valence-electron chi connectivity index (χ0n) is 13.4. The van der Waals surface area contributed by atoms with Crippen molar-refractivity contribution in [2.75, 3.05) is 6.61 Å². The van der Waals surface area contributed by atoms with Gasteiger partial charge in [0.15, 0.2) is 0 Å². The maximum Gasteiger partial charge on any atom is 0.139 e. The molecule has 0 heterocycles. The lowest BCUT2D eigenvalue weighted by atomic mass is 9.50. The minimum Gasteiger partial charge on any atom is -0.491 e. The highest BCUT2D eigenvalue weighted by molar-refractivity contribution is 5.91. The van der Waals surface area contributed by atoms with Crippen molar-refractivity contribution < 1.29 is 19.7 Å². The molecule has 2 fully saturated rings. The number of rotatable bonds is 5. The fraction of sp³-hybridized carbons (Fsp3) is 0.526. The van der Waals surface area contributed by atoms with E-state index in [1.807, 2.05) is 43.3 Å². The summed E-state index contributed by atoms with van der Waals surface area (Å²) in [5, 5.41) is 20.3. The number of aliphatic hydroxyl groups is 2. The summed E-state index contributed by atoms with van der Waals surface area (Å²) in [4.78, 5) is 11.9. The Kier molecular flexibility index (Phi) is 4.55. The number of hydrogen-bond donors (Lipinski definition) is 2. The van der Waals surface area contributed by atoms with E-state index in [0.717, 1.165) is 12.2 Å². The van der Waals surface area contributed by atoms with Gasteiger partial charge in [-0.2, -0.15) is 0 Å². The predicted molar refractivity (Wildman–Crippen MR) is 87.0 cm³/mol.